The first-order valence-electron chi connectivity index (χ1n) is 9.12. The molecule has 0 spiro atoms. The summed E-state index contributed by atoms with van der Waals surface area (Å²) in [5, 5.41) is 3.10. The van der Waals surface area contributed by atoms with Crippen molar-refractivity contribution in [3.05, 3.63) is 48.0 Å². The summed E-state index contributed by atoms with van der Waals surface area (Å²) < 4.78 is 37.5. The van der Waals surface area contributed by atoms with Gasteiger partial charge in [-0.1, -0.05) is 24.3 Å². The van der Waals surface area contributed by atoms with Crippen LogP contribution in [0.2, 0.25) is 0 Å². The van der Waals surface area contributed by atoms with Crippen molar-refractivity contribution >= 4 is 48.7 Å². The van der Waals surface area contributed by atoms with Gasteiger partial charge in [-0.2, -0.15) is 0 Å². The Morgan fingerprint density at radius 2 is 2.03 bits per heavy atom. The minimum Gasteiger partial charge on any atom is -0.454 e. The van der Waals surface area contributed by atoms with E-state index in [9.17, 15) is 13.2 Å². The van der Waals surface area contributed by atoms with Gasteiger partial charge in [0.1, 0.15) is 0 Å². The molecule has 0 fully saturated rings. The van der Waals surface area contributed by atoms with Crippen molar-refractivity contribution in [2.45, 2.75) is 11.8 Å². The van der Waals surface area contributed by atoms with E-state index in [2.05, 4.69) is 10.3 Å². The molecule has 10 heteroatoms. The Labute approximate surface area is 177 Å². The van der Waals surface area contributed by atoms with E-state index in [1.807, 2.05) is 6.07 Å². The summed E-state index contributed by atoms with van der Waals surface area (Å²) in [6, 6.07) is 10.1. The van der Waals surface area contributed by atoms with E-state index in [0.717, 1.165) is 5.56 Å². The number of anilines is 1. The van der Waals surface area contributed by atoms with Gasteiger partial charge in [0, 0.05) is 19.7 Å². The van der Waals surface area contributed by atoms with Gasteiger partial charge in [-0.05, 0) is 42.0 Å². The number of carbonyl (C=O) groups is 1. The fraction of sp³-hybridized carbons (Fsp3) is 0.200. The van der Waals surface area contributed by atoms with Crippen LogP contribution in [0.3, 0.4) is 0 Å². The third-order valence-corrected chi connectivity index (χ3v) is 7.43. The molecule has 30 heavy (non-hydrogen) atoms. The average Bonchev–Trinajstić information content (AvgIpc) is 3.36. The van der Waals surface area contributed by atoms with Crippen molar-refractivity contribution in [3.8, 4) is 11.5 Å². The third kappa shape index (κ3) is 4.02. The summed E-state index contributed by atoms with van der Waals surface area (Å²) >= 11 is 1.22. The number of fused-ring (bicyclic) bond motifs is 2. The minimum atomic E-state index is -3.54. The van der Waals surface area contributed by atoms with Crippen molar-refractivity contribution in [1.82, 2.24) is 9.29 Å². The van der Waals surface area contributed by atoms with Gasteiger partial charge in [-0.25, -0.2) is 17.7 Å². The topological polar surface area (TPSA) is 97.8 Å². The van der Waals surface area contributed by atoms with Crippen molar-refractivity contribution in [2.24, 2.45) is 0 Å². The van der Waals surface area contributed by atoms with Gasteiger partial charge in [0.15, 0.2) is 16.6 Å². The lowest BCUT2D eigenvalue weighted by Crippen LogP contribution is -2.26. The van der Waals surface area contributed by atoms with Crippen molar-refractivity contribution < 1.29 is 22.7 Å². The van der Waals surface area contributed by atoms with Crippen LogP contribution in [0.15, 0.2) is 47.4 Å². The van der Waals surface area contributed by atoms with E-state index in [0.29, 0.717) is 33.4 Å². The fourth-order valence-electron chi connectivity index (χ4n) is 2.80. The van der Waals surface area contributed by atoms with E-state index in [1.165, 1.54) is 34.8 Å². The number of ether oxygens (including phenoxy) is 2. The Balaban J connectivity index is 1.49. The number of thiazole rings is 1. The predicted octanol–water partition coefficient (Wildman–Crippen LogP) is 3.32. The summed E-state index contributed by atoms with van der Waals surface area (Å²) in [5.41, 5.74) is 1.42. The molecule has 0 saturated heterocycles. The summed E-state index contributed by atoms with van der Waals surface area (Å²) in [6.45, 7) is 2.34. The number of nitrogens with one attached hydrogen (secondary N) is 1. The number of carbonyl (C=O) groups excluding carboxylic acids is 1. The molecular weight excluding hydrogens is 426 g/mol. The Bertz CT molecular complexity index is 1250. The molecule has 4 rings (SSSR count). The highest BCUT2D eigenvalue weighted by molar-refractivity contribution is 7.89. The van der Waals surface area contributed by atoms with Gasteiger partial charge in [-0.3, -0.25) is 10.1 Å². The number of aromatic nitrogens is 1. The number of nitrogens with zero attached hydrogens (tertiary/aromatic N) is 2. The van der Waals surface area contributed by atoms with Gasteiger partial charge in [0.05, 0.1) is 15.1 Å². The molecule has 1 aromatic heterocycles. The zero-order chi connectivity index (χ0) is 21.3. The molecule has 2 heterocycles. The summed E-state index contributed by atoms with van der Waals surface area (Å²) in [5.74, 6) is 0.978. The Hall–Kier alpha value is -2.95. The smallest absolute Gasteiger partial charge is 0.250 e. The number of rotatable bonds is 6. The monoisotopic (exact) mass is 445 g/mol. The molecule has 8 nitrogen and oxygen atoms in total. The van der Waals surface area contributed by atoms with E-state index in [4.69, 9.17) is 9.47 Å². The highest BCUT2D eigenvalue weighted by Gasteiger charge is 2.20. The molecule has 0 radical (unpaired) electrons. The van der Waals surface area contributed by atoms with Crippen molar-refractivity contribution in [1.29, 1.82) is 0 Å². The summed E-state index contributed by atoms with van der Waals surface area (Å²) in [7, 11) is -2.01. The lowest BCUT2D eigenvalue weighted by molar-refractivity contribution is -0.111. The normalized spacial score (nSPS) is 13.4. The minimum absolute atomic E-state index is 0.193. The van der Waals surface area contributed by atoms with Crippen LogP contribution in [0, 0.1) is 0 Å². The van der Waals surface area contributed by atoms with E-state index >= 15 is 0 Å². The largest absolute Gasteiger partial charge is 0.454 e. The molecule has 156 valence electrons. The van der Waals surface area contributed by atoms with Crippen LogP contribution >= 0.6 is 11.3 Å². The molecule has 1 aliphatic heterocycles. The molecule has 2 aromatic carbocycles. The lowest BCUT2D eigenvalue weighted by atomic mass is 10.2. The lowest BCUT2D eigenvalue weighted by Gasteiger charge is -2.14. The maximum absolute atomic E-state index is 12.5. The van der Waals surface area contributed by atoms with Crippen LogP contribution in [0.25, 0.3) is 16.3 Å². The van der Waals surface area contributed by atoms with Crippen LogP contribution in [-0.4, -0.2) is 44.0 Å². The third-order valence-electron chi connectivity index (χ3n) is 4.57. The summed E-state index contributed by atoms with van der Waals surface area (Å²) in [4.78, 5) is 16.8. The Kier molecular flexibility index (Phi) is 5.46. The van der Waals surface area contributed by atoms with Crippen LogP contribution < -0.4 is 14.8 Å². The number of hydrogen-bond acceptors (Lipinski definition) is 7. The van der Waals surface area contributed by atoms with Crippen LogP contribution in [0.1, 0.15) is 12.5 Å². The molecule has 1 N–H and O–H groups in total. The molecule has 3 aromatic rings. The predicted molar refractivity (Wildman–Crippen MR) is 115 cm³/mol. The van der Waals surface area contributed by atoms with Gasteiger partial charge < -0.3 is 9.47 Å². The molecule has 0 aliphatic carbocycles. The first-order valence-corrected chi connectivity index (χ1v) is 11.4. The molecule has 1 aliphatic rings. The van der Waals surface area contributed by atoms with E-state index in [1.54, 1.807) is 37.3 Å². The first kappa shape index (κ1) is 20.3. The van der Waals surface area contributed by atoms with Crippen LogP contribution in [0.5, 0.6) is 11.5 Å². The molecule has 0 atom stereocenters. The van der Waals surface area contributed by atoms with Gasteiger partial charge >= 0.3 is 0 Å². The number of sulfonamides is 1. The number of amides is 1. The maximum atomic E-state index is 12.5. The molecule has 1 amide bonds. The van der Waals surface area contributed by atoms with E-state index < -0.39 is 10.0 Å². The second kappa shape index (κ2) is 8.05. The van der Waals surface area contributed by atoms with Gasteiger partial charge in [-0.15, -0.1) is 0 Å². The van der Waals surface area contributed by atoms with Gasteiger partial charge in [0.25, 0.3) is 0 Å². The highest BCUT2D eigenvalue weighted by Crippen LogP contribution is 2.33. The van der Waals surface area contributed by atoms with E-state index in [-0.39, 0.29) is 17.6 Å². The summed E-state index contributed by atoms with van der Waals surface area (Å²) in [6.07, 6.45) is 3.06. The second-order valence-electron chi connectivity index (χ2n) is 6.50. The Morgan fingerprint density at radius 1 is 1.23 bits per heavy atom. The zero-order valence-electron chi connectivity index (χ0n) is 16.3. The molecule has 0 unspecified atom stereocenters. The zero-order valence-corrected chi connectivity index (χ0v) is 17.9. The first-order chi connectivity index (χ1) is 14.4. The molecular formula is C20H19N3O5S2. The standard InChI is InChI=1S/C20H19N3O5S2/c1-3-23(2)30(25,26)14-6-7-15-18(11-14)29-20(21-15)22-19(24)9-5-13-4-8-16-17(10-13)28-12-27-16/h4-11H,3,12H2,1-2H3,(H,21,22,24). The highest BCUT2D eigenvalue weighted by atomic mass is 32.2. The fourth-order valence-corrected chi connectivity index (χ4v) is 4.99. The number of hydrogen-bond donors (Lipinski definition) is 1. The SMILES string of the molecule is CCN(C)S(=O)(=O)c1ccc2nc(NC(=O)C=Cc3ccc4c(c3)OCO4)sc2c1. The van der Waals surface area contributed by atoms with Crippen molar-refractivity contribution in [3.63, 3.8) is 0 Å². The van der Waals surface area contributed by atoms with Crippen LogP contribution in [0.4, 0.5) is 5.13 Å². The maximum Gasteiger partial charge on any atom is 0.250 e. The van der Waals surface area contributed by atoms with Crippen molar-refractivity contribution in [2.75, 3.05) is 25.7 Å². The van der Waals surface area contributed by atoms with Gasteiger partial charge in [0.2, 0.25) is 22.7 Å². The second-order valence-corrected chi connectivity index (χ2v) is 9.58. The Morgan fingerprint density at radius 3 is 2.83 bits per heavy atom. The molecule has 0 saturated carbocycles. The quantitative estimate of drug-likeness (QED) is 0.585. The molecule has 0 bridgehead atoms. The number of benzene rings is 2. The van der Waals surface area contributed by atoms with Crippen LogP contribution in [-0.2, 0) is 14.8 Å². The average molecular weight is 446 g/mol.